The molecule has 0 aliphatic heterocycles. The normalized spacial score (nSPS) is 11.5. The Hall–Kier alpha value is -3.41. The minimum Gasteiger partial charge on any atom is -0.493 e. The predicted octanol–water partition coefficient (Wildman–Crippen LogP) is 5.75. The third kappa shape index (κ3) is 4.59. The van der Waals surface area contributed by atoms with Crippen molar-refractivity contribution in [3.63, 3.8) is 0 Å². The maximum Gasteiger partial charge on any atom is 0.244 e. The molecular formula is C26H31NO5. The molecule has 3 rings (SSSR count). The molecule has 6 nitrogen and oxygen atoms in total. The number of hydrogen-bond acceptors (Lipinski definition) is 5. The number of ether oxygens (including phenoxy) is 3. The Kier molecular flexibility index (Phi) is 7.46. The highest BCUT2D eigenvalue weighted by atomic mass is 16.5. The van der Waals surface area contributed by atoms with Gasteiger partial charge in [-0.05, 0) is 56.5 Å². The lowest BCUT2D eigenvalue weighted by Crippen LogP contribution is -2.21. The van der Waals surface area contributed by atoms with Crippen molar-refractivity contribution in [3.05, 3.63) is 47.7 Å². The molecule has 0 spiro atoms. The monoisotopic (exact) mass is 437 g/mol. The molecule has 0 saturated heterocycles. The largest absolute Gasteiger partial charge is 0.493 e. The van der Waals surface area contributed by atoms with Crippen LogP contribution in [0, 0.1) is 6.92 Å². The Morgan fingerprint density at radius 1 is 1.12 bits per heavy atom. The first kappa shape index (κ1) is 23.3. The third-order valence-corrected chi connectivity index (χ3v) is 5.35. The molecule has 0 aliphatic rings. The average Bonchev–Trinajstić information content (AvgIpc) is 3.23. The number of methoxy groups -OCH3 is 2. The zero-order valence-electron chi connectivity index (χ0n) is 19.6. The van der Waals surface area contributed by atoms with Crippen molar-refractivity contribution in [3.8, 4) is 28.4 Å². The van der Waals surface area contributed by atoms with Crippen molar-refractivity contribution in [2.45, 2.75) is 34.1 Å². The van der Waals surface area contributed by atoms with E-state index in [0.717, 1.165) is 51.0 Å². The summed E-state index contributed by atoms with van der Waals surface area (Å²) in [4.78, 5) is 12.3. The summed E-state index contributed by atoms with van der Waals surface area (Å²) in [5, 5.41) is 3.83. The molecule has 6 heteroatoms. The molecule has 0 aliphatic carbocycles. The molecule has 32 heavy (non-hydrogen) atoms. The Morgan fingerprint density at radius 3 is 2.53 bits per heavy atom. The molecule has 0 radical (unpaired) electrons. The van der Waals surface area contributed by atoms with Gasteiger partial charge in [-0.1, -0.05) is 13.0 Å². The van der Waals surface area contributed by atoms with E-state index in [0.29, 0.717) is 24.7 Å². The van der Waals surface area contributed by atoms with Crippen LogP contribution in [0.4, 0.5) is 0 Å². The van der Waals surface area contributed by atoms with E-state index in [9.17, 15) is 4.79 Å². The minimum atomic E-state index is -0.114. The van der Waals surface area contributed by atoms with Crippen LogP contribution in [0.1, 0.15) is 38.3 Å². The number of nitrogens with one attached hydrogen (secondary N) is 1. The van der Waals surface area contributed by atoms with E-state index >= 15 is 0 Å². The van der Waals surface area contributed by atoms with E-state index in [4.69, 9.17) is 18.6 Å². The molecule has 0 fully saturated rings. The number of benzene rings is 2. The van der Waals surface area contributed by atoms with Crippen LogP contribution >= 0.6 is 0 Å². The van der Waals surface area contributed by atoms with Crippen LogP contribution in [0.25, 0.3) is 27.7 Å². The summed E-state index contributed by atoms with van der Waals surface area (Å²) < 4.78 is 22.8. The van der Waals surface area contributed by atoms with Gasteiger partial charge in [0.05, 0.1) is 27.1 Å². The van der Waals surface area contributed by atoms with E-state index in [-0.39, 0.29) is 5.91 Å². The number of aryl methyl sites for hydroxylation is 1. The van der Waals surface area contributed by atoms with Crippen molar-refractivity contribution >= 4 is 22.4 Å². The summed E-state index contributed by atoms with van der Waals surface area (Å²) in [5.74, 6) is 1.92. The van der Waals surface area contributed by atoms with E-state index in [1.165, 1.54) is 0 Å². The van der Waals surface area contributed by atoms with Gasteiger partial charge in [0, 0.05) is 34.7 Å². The highest BCUT2D eigenvalue weighted by molar-refractivity contribution is 6.01. The quantitative estimate of drug-likeness (QED) is 0.432. The molecule has 2 aromatic carbocycles. The molecule has 1 N–H and O–H groups in total. The van der Waals surface area contributed by atoms with Gasteiger partial charge in [0.2, 0.25) is 5.91 Å². The van der Waals surface area contributed by atoms with Crippen LogP contribution < -0.4 is 19.5 Å². The lowest BCUT2D eigenvalue weighted by atomic mass is 9.96. The Balaban J connectivity index is 2.17. The molecule has 1 amide bonds. The van der Waals surface area contributed by atoms with Gasteiger partial charge in [-0.3, -0.25) is 4.79 Å². The summed E-state index contributed by atoms with van der Waals surface area (Å²) in [5.41, 5.74) is 5.21. The number of carbonyl (C=O) groups excluding carboxylic acids is 1. The molecule has 0 unspecified atom stereocenters. The zero-order valence-corrected chi connectivity index (χ0v) is 19.6. The molecule has 0 saturated carbocycles. The molecular weight excluding hydrogens is 406 g/mol. The fourth-order valence-electron chi connectivity index (χ4n) is 3.74. The van der Waals surface area contributed by atoms with Crippen LogP contribution in [0.2, 0.25) is 0 Å². The van der Waals surface area contributed by atoms with Gasteiger partial charge in [0.15, 0.2) is 11.5 Å². The van der Waals surface area contributed by atoms with Crippen molar-refractivity contribution in [2.24, 2.45) is 0 Å². The first-order valence-electron chi connectivity index (χ1n) is 10.8. The number of furan rings is 1. The fraction of sp³-hybridized carbons (Fsp3) is 0.346. The molecule has 0 atom stereocenters. The van der Waals surface area contributed by atoms with Crippen molar-refractivity contribution in [1.29, 1.82) is 0 Å². The summed E-state index contributed by atoms with van der Waals surface area (Å²) in [7, 11) is 3.23. The second-order valence-corrected chi connectivity index (χ2v) is 7.53. The highest BCUT2D eigenvalue weighted by Gasteiger charge is 2.20. The van der Waals surface area contributed by atoms with Crippen molar-refractivity contribution in [2.75, 3.05) is 27.4 Å². The second kappa shape index (κ2) is 10.3. The third-order valence-electron chi connectivity index (χ3n) is 5.35. The van der Waals surface area contributed by atoms with E-state index in [2.05, 4.69) is 5.32 Å². The van der Waals surface area contributed by atoms with Gasteiger partial charge in [0.1, 0.15) is 11.3 Å². The Morgan fingerprint density at radius 2 is 1.88 bits per heavy atom. The van der Waals surface area contributed by atoms with Crippen molar-refractivity contribution < 1.29 is 23.4 Å². The van der Waals surface area contributed by atoms with Crippen LogP contribution in [0.3, 0.4) is 0 Å². The number of amides is 1. The average molecular weight is 438 g/mol. The smallest absolute Gasteiger partial charge is 0.244 e. The van der Waals surface area contributed by atoms with E-state index in [1.807, 2.05) is 52.0 Å². The van der Waals surface area contributed by atoms with Gasteiger partial charge in [-0.15, -0.1) is 0 Å². The number of hydrogen-bond donors (Lipinski definition) is 1. The van der Waals surface area contributed by atoms with Gasteiger partial charge in [0.25, 0.3) is 0 Å². The van der Waals surface area contributed by atoms with Crippen LogP contribution in [0.5, 0.6) is 17.2 Å². The number of rotatable bonds is 9. The first-order valence-corrected chi connectivity index (χ1v) is 10.8. The summed E-state index contributed by atoms with van der Waals surface area (Å²) in [6, 6.07) is 7.80. The maximum atomic E-state index is 12.3. The van der Waals surface area contributed by atoms with Gasteiger partial charge >= 0.3 is 0 Å². The Bertz CT molecular complexity index is 1140. The molecule has 1 heterocycles. The SMILES string of the molecule is CCCNC(=O)/C=C(\C)c1cc2c(-c3ccc(OC)c(OC)c3)coc2c(C)c1OCC. The standard InChI is InChI=1S/C26H31NO5/c1-7-11-27-24(28)12-16(3)19-14-20-21(15-32-26(20)17(4)25(19)31-8-2)18-9-10-22(29-5)23(13-18)30-6/h9-10,12-15H,7-8,11H2,1-6H3,(H,27,28)/b16-12+. The summed E-state index contributed by atoms with van der Waals surface area (Å²) in [6.45, 7) is 9.02. The summed E-state index contributed by atoms with van der Waals surface area (Å²) in [6.07, 6.45) is 4.25. The maximum absolute atomic E-state index is 12.3. The van der Waals surface area contributed by atoms with Gasteiger partial charge < -0.3 is 23.9 Å². The highest BCUT2D eigenvalue weighted by Crippen LogP contribution is 2.42. The van der Waals surface area contributed by atoms with Gasteiger partial charge in [-0.2, -0.15) is 0 Å². The minimum absolute atomic E-state index is 0.114. The number of fused-ring (bicyclic) bond motifs is 1. The van der Waals surface area contributed by atoms with Crippen molar-refractivity contribution in [1.82, 2.24) is 5.32 Å². The second-order valence-electron chi connectivity index (χ2n) is 7.53. The lowest BCUT2D eigenvalue weighted by Gasteiger charge is -2.15. The molecule has 170 valence electrons. The molecule has 0 bridgehead atoms. The van der Waals surface area contributed by atoms with Crippen LogP contribution in [0.15, 0.2) is 41.0 Å². The van der Waals surface area contributed by atoms with Gasteiger partial charge in [-0.25, -0.2) is 0 Å². The molecule has 3 aromatic rings. The zero-order chi connectivity index (χ0) is 23.3. The Labute approximate surface area is 189 Å². The van der Waals surface area contributed by atoms with E-state index in [1.54, 1.807) is 26.6 Å². The predicted molar refractivity (Wildman–Crippen MR) is 128 cm³/mol. The first-order chi connectivity index (χ1) is 15.4. The van der Waals surface area contributed by atoms with E-state index < -0.39 is 0 Å². The topological polar surface area (TPSA) is 69.9 Å². The van der Waals surface area contributed by atoms with Crippen LogP contribution in [-0.4, -0.2) is 33.3 Å². The number of carbonyl (C=O) groups is 1. The fourth-order valence-corrected chi connectivity index (χ4v) is 3.74. The lowest BCUT2D eigenvalue weighted by molar-refractivity contribution is -0.116. The van der Waals surface area contributed by atoms with Crippen LogP contribution in [-0.2, 0) is 4.79 Å². The summed E-state index contributed by atoms with van der Waals surface area (Å²) >= 11 is 0. The number of allylic oxidation sites excluding steroid dienone is 1. The molecule has 1 aromatic heterocycles.